The van der Waals surface area contributed by atoms with Gasteiger partial charge in [-0.1, -0.05) is 0 Å². The Kier molecular flexibility index (Phi) is 3.23. The van der Waals surface area contributed by atoms with E-state index in [9.17, 15) is 9.59 Å². The van der Waals surface area contributed by atoms with Gasteiger partial charge < -0.3 is 14.4 Å². The van der Waals surface area contributed by atoms with E-state index in [4.69, 9.17) is 9.52 Å². The van der Waals surface area contributed by atoms with Crippen LogP contribution in [0.2, 0.25) is 0 Å². The zero-order valence-electron chi connectivity index (χ0n) is 10.1. The molecule has 0 radical (unpaired) electrons. The van der Waals surface area contributed by atoms with Gasteiger partial charge in [-0.3, -0.25) is 9.59 Å². The predicted molar refractivity (Wildman–Crippen MR) is 64.7 cm³/mol. The maximum atomic E-state index is 11.9. The Morgan fingerprint density at radius 1 is 1.56 bits per heavy atom. The molecule has 18 heavy (non-hydrogen) atoms. The molecular formula is C13H15NO4. The number of hydrogen-bond donors (Lipinski definition) is 1. The van der Waals surface area contributed by atoms with Crippen molar-refractivity contribution in [2.45, 2.75) is 13.3 Å². The average Bonchev–Trinajstić information content (AvgIpc) is 2.95. The highest BCUT2D eigenvalue weighted by Crippen LogP contribution is 2.30. The molecule has 0 aromatic carbocycles. The van der Waals surface area contributed by atoms with Gasteiger partial charge in [-0.15, -0.1) is 0 Å². The molecule has 1 fully saturated rings. The molecule has 96 valence electrons. The number of carbonyl (C=O) groups is 2. The van der Waals surface area contributed by atoms with Crippen molar-refractivity contribution in [1.29, 1.82) is 0 Å². The van der Waals surface area contributed by atoms with Crippen molar-refractivity contribution in [3.05, 3.63) is 30.2 Å². The summed E-state index contributed by atoms with van der Waals surface area (Å²) in [4.78, 5) is 24.5. The summed E-state index contributed by atoms with van der Waals surface area (Å²) in [5, 5.41) is 9.08. The number of carboxylic acid groups (broad SMARTS) is 1. The monoisotopic (exact) mass is 249 g/mol. The third-order valence-corrected chi connectivity index (χ3v) is 3.23. The summed E-state index contributed by atoms with van der Waals surface area (Å²) in [5.41, 5.74) is -0.825. The first-order valence-electron chi connectivity index (χ1n) is 5.75. The Bertz CT molecular complexity index is 477. The minimum Gasteiger partial charge on any atom is -0.481 e. The van der Waals surface area contributed by atoms with Crippen LogP contribution >= 0.6 is 0 Å². The molecule has 5 heteroatoms. The fraction of sp³-hybridized carbons (Fsp3) is 0.385. The number of carboxylic acids is 1. The summed E-state index contributed by atoms with van der Waals surface area (Å²) < 4.78 is 5.07. The Balaban J connectivity index is 1.98. The van der Waals surface area contributed by atoms with Crippen LogP contribution in [0.5, 0.6) is 0 Å². The van der Waals surface area contributed by atoms with E-state index in [0.717, 1.165) is 0 Å². The fourth-order valence-electron chi connectivity index (χ4n) is 1.97. The maximum Gasteiger partial charge on any atom is 0.311 e. The molecule has 1 N–H and O–H groups in total. The van der Waals surface area contributed by atoms with Gasteiger partial charge in [-0.2, -0.15) is 0 Å². The Hall–Kier alpha value is -2.04. The number of carbonyl (C=O) groups excluding carboxylic acids is 1. The third-order valence-electron chi connectivity index (χ3n) is 3.23. The van der Waals surface area contributed by atoms with Crippen LogP contribution in [0, 0.1) is 5.41 Å². The number of amides is 1. The van der Waals surface area contributed by atoms with E-state index in [1.165, 1.54) is 12.3 Å². The van der Waals surface area contributed by atoms with Crippen molar-refractivity contribution in [2.75, 3.05) is 13.1 Å². The second-order valence-corrected chi connectivity index (χ2v) is 4.72. The first-order valence-corrected chi connectivity index (χ1v) is 5.75. The molecule has 0 bridgehead atoms. The second-order valence-electron chi connectivity index (χ2n) is 4.72. The number of nitrogens with zero attached hydrogens (tertiary/aromatic N) is 1. The number of hydrogen-bond acceptors (Lipinski definition) is 3. The largest absolute Gasteiger partial charge is 0.481 e. The van der Waals surface area contributed by atoms with Crippen LogP contribution in [0.1, 0.15) is 19.1 Å². The molecule has 1 unspecified atom stereocenters. The molecule has 0 spiro atoms. The number of rotatable bonds is 3. The van der Waals surface area contributed by atoms with Crippen LogP contribution in [0.4, 0.5) is 0 Å². The molecule has 2 rings (SSSR count). The molecule has 1 aromatic rings. The summed E-state index contributed by atoms with van der Waals surface area (Å²) >= 11 is 0. The van der Waals surface area contributed by atoms with E-state index in [2.05, 4.69) is 0 Å². The molecule has 1 amide bonds. The minimum atomic E-state index is -0.854. The number of aliphatic carboxylic acids is 1. The SMILES string of the molecule is CC1(C(=O)O)CCN(C(=O)/C=C/c2ccco2)C1. The zero-order chi connectivity index (χ0) is 13.2. The van der Waals surface area contributed by atoms with Crippen LogP contribution in [-0.4, -0.2) is 35.0 Å². The lowest BCUT2D eigenvalue weighted by Gasteiger charge is -2.18. The average molecular weight is 249 g/mol. The van der Waals surface area contributed by atoms with Crippen molar-refractivity contribution in [3.63, 3.8) is 0 Å². The molecule has 1 aliphatic rings. The van der Waals surface area contributed by atoms with Crippen molar-refractivity contribution >= 4 is 18.0 Å². The van der Waals surface area contributed by atoms with E-state index in [-0.39, 0.29) is 12.5 Å². The molecule has 0 saturated carbocycles. The van der Waals surface area contributed by atoms with Crippen molar-refractivity contribution in [2.24, 2.45) is 5.41 Å². The number of likely N-dealkylation sites (tertiary alicyclic amines) is 1. The van der Waals surface area contributed by atoms with Crippen molar-refractivity contribution < 1.29 is 19.1 Å². The second kappa shape index (κ2) is 4.68. The molecule has 2 heterocycles. The Morgan fingerprint density at radius 3 is 2.89 bits per heavy atom. The lowest BCUT2D eigenvalue weighted by atomic mass is 9.90. The summed E-state index contributed by atoms with van der Waals surface area (Å²) in [6.07, 6.45) is 5.01. The maximum absolute atomic E-state index is 11.9. The van der Waals surface area contributed by atoms with Gasteiger partial charge in [0.1, 0.15) is 5.76 Å². The smallest absolute Gasteiger partial charge is 0.311 e. The van der Waals surface area contributed by atoms with Gasteiger partial charge in [0, 0.05) is 19.2 Å². The van der Waals surface area contributed by atoms with E-state index < -0.39 is 11.4 Å². The molecule has 1 aromatic heterocycles. The van der Waals surface area contributed by atoms with Gasteiger partial charge in [0.25, 0.3) is 0 Å². The third kappa shape index (κ3) is 2.45. The van der Waals surface area contributed by atoms with E-state index in [0.29, 0.717) is 18.7 Å². The van der Waals surface area contributed by atoms with Crippen LogP contribution in [0.3, 0.4) is 0 Å². The predicted octanol–water partition coefficient (Wildman–Crippen LogP) is 1.62. The summed E-state index contributed by atoms with van der Waals surface area (Å²) in [6, 6.07) is 3.48. The van der Waals surface area contributed by atoms with Gasteiger partial charge in [0.15, 0.2) is 0 Å². The van der Waals surface area contributed by atoms with Crippen molar-refractivity contribution in [1.82, 2.24) is 4.90 Å². The lowest BCUT2D eigenvalue weighted by molar-refractivity contribution is -0.147. The molecule has 1 aliphatic heterocycles. The molecule has 0 aliphatic carbocycles. The quantitative estimate of drug-likeness (QED) is 0.826. The first-order chi connectivity index (χ1) is 8.51. The molecule has 1 saturated heterocycles. The highest BCUT2D eigenvalue weighted by molar-refractivity contribution is 5.92. The standard InChI is InChI=1S/C13H15NO4/c1-13(12(16)17)6-7-14(9-13)11(15)5-4-10-3-2-8-18-10/h2-5,8H,6-7,9H2,1H3,(H,16,17)/b5-4+. The fourth-order valence-corrected chi connectivity index (χ4v) is 1.97. The lowest BCUT2D eigenvalue weighted by Crippen LogP contribution is -2.34. The van der Waals surface area contributed by atoms with Gasteiger partial charge in [0.05, 0.1) is 11.7 Å². The molecular weight excluding hydrogens is 234 g/mol. The minimum absolute atomic E-state index is 0.184. The van der Waals surface area contributed by atoms with E-state index in [1.54, 1.807) is 30.0 Å². The van der Waals surface area contributed by atoms with Crippen LogP contribution < -0.4 is 0 Å². The molecule has 1 atom stereocenters. The van der Waals surface area contributed by atoms with Gasteiger partial charge in [-0.25, -0.2) is 0 Å². The Labute approximate surface area is 105 Å². The van der Waals surface area contributed by atoms with Gasteiger partial charge >= 0.3 is 5.97 Å². The zero-order valence-corrected chi connectivity index (χ0v) is 10.1. The topological polar surface area (TPSA) is 70.8 Å². The Morgan fingerprint density at radius 2 is 2.33 bits per heavy atom. The van der Waals surface area contributed by atoms with E-state index in [1.807, 2.05) is 0 Å². The van der Waals surface area contributed by atoms with Crippen LogP contribution in [0.15, 0.2) is 28.9 Å². The molecule has 5 nitrogen and oxygen atoms in total. The van der Waals surface area contributed by atoms with Crippen molar-refractivity contribution in [3.8, 4) is 0 Å². The highest BCUT2D eigenvalue weighted by Gasteiger charge is 2.41. The highest BCUT2D eigenvalue weighted by atomic mass is 16.4. The van der Waals surface area contributed by atoms with E-state index >= 15 is 0 Å². The first kappa shape index (κ1) is 12.4. The van der Waals surface area contributed by atoms with Crippen LogP contribution in [-0.2, 0) is 9.59 Å². The van der Waals surface area contributed by atoms with Gasteiger partial charge in [-0.05, 0) is 31.6 Å². The van der Waals surface area contributed by atoms with Crippen LogP contribution in [0.25, 0.3) is 6.08 Å². The normalized spacial score (nSPS) is 23.7. The summed E-state index contributed by atoms with van der Waals surface area (Å²) in [5.74, 6) is -0.437. The summed E-state index contributed by atoms with van der Waals surface area (Å²) in [7, 11) is 0. The summed E-state index contributed by atoms with van der Waals surface area (Å²) in [6.45, 7) is 2.40. The van der Waals surface area contributed by atoms with Gasteiger partial charge in [0.2, 0.25) is 5.91 Å². The number of furan rings is 1.